The Balaban J connectivity index is 2.47. The molecule has 0 radical (unpaired) electrons. The molecule has 4 nitrogen and oxygen atoms in total. The topological polar surface area (TPSA) is 76.2 Å². The minimum atomic E-state index is -0.902. The summed E-state index contributed by atoms with van der Waals surface area (Å²) in [4.78, 5) is 14.9. The number of carboxylic acids is 1. The molecule has 16 heavy (non-hydrogen) atoms. The Morgan fingerprint density at radius 1 is 1.38 bits per heavy atom. The maximum absolute atomic E-state index is 10.6. The molecule has 0 saturated carbocycles. The van der Waals surface area contributed by atoms with Crippen molar-refractivity contribution < 1.29 is 9.90 Å². The van der Waals surface area contributed by atoms with Gasteiger partial charge in [-0.25, -0.2) is 0 Å². The summed E-state index contributed by atoms with van der Waals surface area (Å²) in [5.74, 6) is -0.902. The minimum Gasteiger partial charge on any atom is -0.481 e. The quantitative estimate of drug-likeness (QED) is 0.818. The second-order valence-electron chi connectivity index (χ2n) is 3.63. The molecule has 2 rings (SSSR count). The summed E-state index contributed by atoms with van der Waals surface area (Å²) in [5.41, 5.74) is 7.40. The fraction of sp³-hybridized carbons (Fsp3) is 0.167. The molecule has 0 bridgehead atoms. The summed E-state index contributed by atoms with van der Waals surface area (Å²) in [6.45, 7) is 0. The summed E-state index contributed by atoms with van der Waals surface area (Å²) < 4.78 is 0. The van der Waals surface area contributed by atoms with Crippen LogP contribution in [0.3, 0.4) is 0 Å². The number of para-hydroxylation sites is 1. The maximum Gasteiger partial charge on any atom is 0.305 e. The number of aromatic nitrogens is 1. The van der Waals surface area contributed by atoms with E-state index >= 15 is 0 Å². The smallest absolute Gasteiger partial charge is 0.305 e. The Hall–Kier alpha value is -1.94. The van der Waals surface area contributed by atoms with Gasteiger partial charge in [0.25, 0.3) is 0 Å². The van der Waals surface area contributed by atoms with Crippen molar-refractivity contribution >= 4 is 16.9 Å². The number of rotatable bonds is 3. The fourth-order valence-electron chi connectivity index (χ4n) is 1.73. The number of benzene rings is 1. The van der Waals surface area contributed by atoms with Crippen LogP contribution in [0.2, 0.25) is 0 Å². The lowest BCUT2D eigenvalue weighted by atomic mass is 10.0. The zero-order valence-corrected chi connectivity index (χ0v) is 8.63. The van der Waals surface area contributed by atoms with Crippen molar-refractivity contribution in [1.82, 2.24) is 4.98 Å². The molecule has 1 atom stereocenters. The van der Waals surface area contributed by atoms with E-state index in [1.165, 1.54) is 0 Å². The summed E-state index contributed by atoms with van der Waals surface area (Å²) in [6, 6.07) is 8.87. The van der Waals surface area contributed by atoms with Gasteiger partial charge in [0.2, 0.25) is 0 Å². The Kier molecular flexibility index (Phi) is 2.83. The number of nitrogens with zero attached hydrogens (tertiary/aromatic N) is 1. The van der Waals surface area contributed by atoms with E-state index in [0.717, 1.165) is 16.5 Å². The SMILES string of the molecule is NC(CC(=O)O)c1cccc2cccnc12. The highest BCUT2D eigenvalue weighted by Crippen LogP contribution is 2.22. The molecule has 4 heteroatoms. The molecule has 82 valence electrons. The zero-order chi connectivity index (χ0) is 11.5. The van der Waals surface area contributed by atoms with Crippen LogP contribution in [0.4, 0.5) is 0 Å². The third-order valence-corrected chi connectivity index (χ3v) is 2.46. The van der Waals surface area contributed by atoms with Crippen LogP contribution in [0.15, 0.2) is 36.5 Å². The predicted molar refractivity (Wildman–Crippen MR) is 60.9 cm³/mol. The van der Waals surface area contributed by atoms with E-state index in [1.807, 2.05) is 30.3 Å². The second-order valence-corrected chi connectivity index (χ2v) is 3.63. The summed E-state index contributed by atoms with van der Waals surface area (Å²) in [7, 11) is 0. The average molecular weight is 216 g/mol. The number of carbonyl (C=O) groups is 1. The van der Waals surface area contributed by atoms with Crippen molar-refractivity contribution in [3.05, 3.63) is 42.1 Å². The second kappa shape index (κ2) is 4.28. The van der Waals surface area contributed by atoms with Crippen LogP contribution in [0.1, 0.15) is 18.0 Å². The van der Waals surface area contributed by atoms with Crippen molar-refractivity contribution in [3.63, 3.8) is 0 Å². The lowest BCUT2D eigenvalue weighted by Crippen LogP contribution is -2.15. The molecule has 0 aliphatic heterocycles. The molecular formula is C12H12N2O2. The number of pyridine rings is 1. The van der Waals surface area contributed by atoms with E-state index in [9.17, 15) is 4.79 Å². The van der Waals surface area contributed by atoms with Gasteiger partial charge in [0.15, 0.2) is 0 Å². The predicted octanol–water partition coefficient (Wildman–Crippen LogP) is 1.71. The van der Waals surface area contributed by atoms with Gasteiger partial charge in [-0.05, 0) is 11.6 Å². The number of aliphatic carboxylic acids is 1. The minimum absolute atomic E-state index is 0.0876. The molecular weight excluding hydrogens is 204 g/mol. The Labute approximate surface area is 92.7 Å². The highest BCUT2D eigenvalue weighted by molar-refractivity contribution is 5.82. The normalized spacial score (nSPS) is 12.6. The maximum atomic E-state index is 10.6. The number of hydrogen-bond acceptors (Lipinski definition) is 3. The molecule has 0 spiro atoms. The molecule has 0 aliphatic rings. The summed E-state index contributed by atoms with van der Waals surface area (Å²) in [6.07, 6.45) is 1.59. The molecule has 1 heterocycles. The van der Waals surface area contributed by atoms with Crippen LogP contribution < -0.4 is 5.73 Å². The third-order valence-electron chi connectivity index (χ3n) is 2.46. The van der Waals surface area contributed by atoms with Crippen LogP contribution >= 0.6 is 0 Å². The van der Waals surface area contributed by atoms with Gasteiger partial charge in [0.1, 0.15) is 0 Å². The summed E-state index contributed by atoms with van der Waals surface area (Å²) in [5, 5.41) is 9.69. The van der Waals surface area contributed by atoms with Gasteiger partial charge < -0.3 is 10.8 Å². The van der Waals surface area contributed by atoms with Crippen molar-refractivity contribution in [1.29, 1.82) is 0 Å². The lowest BCUT2D eigenvalue weighted by molar-refractivity contribution is -0.137. The molecule has 0 saturated heterocycles. The third kappa shape index (κ3) is 2.01. The molecule has 0 fully saturated rings. The van der Waals surface area contributed by atoms with Crippen LogP contribution in [-0.2, 0) is 4.79 Å². The molecule has 2 aromatic rings. The molecule has 3 N–H and O–H groups in total. The first kappa shape index (κ1) is 10.6. The lowest BCUT2D eigenvalue weighted by Gasteiger charge is -2.11. The first-order valence-corrected chi connectivity index (χ1v) is 4.99. The van der Waals surface area contributed by atoms with Crippen molar-refractivity contribution in [2.75, 3.05) is 0 Å². The average Bonchev–Trinajstić information content (AvgIpc) is 2.27. The van der Waals surface area contributed by atoms with Crippen molar-refractivity contribution in [2.45, 2.75) is 12.5 Å². The van der Waals surface area contributed by atoms with Gasteiger partial charge in [0, 0.05) is 17.6 Å². The first-order valence-electron chi connectivity index (χ1n) is 4.99. The van der Waals surface area contributed by atoms with Gasteiger partial charge in [-0.2, -0.15) is 0 Å². The Morgan fingerprint density at radius 3 is 2.88 bits per heavy atom. The number of fused-ring (bicyclic) bond motifs is 1. The Bertz CT molecular complexity index is 520. The van der Waals surface area contributed by atoms with Crippen LogP contribution in [0, 0.1) is 0 Å². The molecule has 0 amide bonds. The fourth-order valence-corrected chi connectivity index (χ4v) is 1.73. The standard InChI is InChI=1S/C12H12N2O2/c13-10(7-11(15)16)9-5-1-3-8-4-2-6-14-12(8)9/h1-6,10H,7,13H2,(H,15,16). The molecule has 1 aromatic heterocycles. The van der Waals surface area contributed by atoms with Gasteiger partial charge >= 0.3 is 5.97 Å². The Morgan fingerprint density at radius 2 is 2.12 bits per heavy atom. The molecule has 1 unspecified atom stereocenters. The van der Waals surface area contributed by atoms with Gasteiger partial charge in [-0.1, -0.05) is 24.3 Å². The van der Waals surface area contributed by atoms with E-state index in [2.05, 4.69) is 4.98 Å². The molecule has 1 aromatic carbocycles. The first-order chi connectivity index (χ1) is 7.68. The highest BCUT2D eigenvalue weighted by Gasteiger charge is 2.13. The van der Waals surface area contributed by atoms with E-state index in [-0.39, 0.29) is 6.42 Å². The highest BCUT2D eigenvalue weighted by atomic mass is 16.4. The van der Waals surface area contributed by atoms with E-state index in [1.54, 1.807) is 6.20 Å². The van der Waals surface area contributed by atoms with Crippen LogP contribution in [-0.4, -0.2) is 16.1 Å². The molecule has 0 aliphatic carbocycles. The monoisotopic (exact) mass is 216 g/mol. The van der Waals surface area contributed by atoms with Gasteiger partial charge in [-0.3, -0.25) is 9.78 Å². The van der Waals surface area contributed by atoms with Crippen molar-refractivity contribution in [3.8, 4) is 0 Å². The number of carboxylic acid groups (broad SMARTS) is 1. The number of nitrogens with two attached hydrogens (primary N) is 1. The van der Waals surface area contributed by atoms with E-state index in [0.29, 0.717) is 0 Å². The van der Waals surface area contributed by atoms with Gasteiger partial charge in [0.05, 0.1) is 11.9 Å². The van der Waals surface area contributed by atoms with E-state index in [4.69, 9.17) is 10.8 Å². The zero-order valence-electron chi connectivity index (χ0n) is 8.63. The summed E-state index contributed by atoms with van der Waals surface area (Å²) >= 11 is 0. The number of hydrogen-bond donors (Lipinski definition) is 2. The van der Waals surface area contributed by atoms with Gasteiger partial charge in [-0.15, -0.1) is 0 Å². The van der Waals surface area contributed by atoms with E-state index < -0.39 is 12.0 Å². The van der Waals surface area contributed by atoms with Crippen LogP contribution in [0.25, 0.3) is 10.9 Å². The van der Waals surface area contributed by atoms with Crippen LogP contribution in [0.5, 0.6) is 0 Å². The largest absolute Gasteiger partial charge is 0.481 e. The van der Waals surface area contributed by atoms with Crippen molar-refractivity contribution in [2.24, 2.45) is 5.73 Å².